The van der Waals surface area contributed by atoms with Crippen molar-refractivity contribution in [3.05, 3.63) is 29.3 Å². The topological polar surface area (TPSA) is 59.0 Å². The van der Waals surface area contributed by atoms with Gasteiger partial charge in [0.25, 0.3) is 0 Å². The van der Waals surface area contributed by atoms with E-state index in [1.807, 2.05) is 0 Å². The fourth-order valence-corrected chi connectivity index (χ4v) is 2.79. The minimum Gasteiger partial charge on any atom is -0.493 e. The van der Waals surface area contributed by atoms with Crippen molar-refractivity contribution in [3.63, 3.8) is 0 Å². The maximum absolute atomic E-state index is 12.9. The first-order valence-electron chi connectivity index (χ1n) is 6.90. The standard InChI is InChI=1S/C15H17F3N2O/c16-15(17,18)14-6-13(5-4-11(14)8-20)21-9-12-3-1-2-10(12)7-19/h4-6,10,12H,1-3,7,9,19H2. The SMILES string of the molecule is N#Cc1ccc(OCC2CCCC2CN)cc1C(F)(F)F. The number of rotatable bonds is 4. The van der Waals surface area contributed by atoms with Crippen LogP contribution < -0.4 is 10.5 Å². The highest BCUT2D eigenvalue weighted by Crippen LogP contribution is 2.35. The van der Waals surface area contributed by atoms with E-state index in [2.05, 4.69) is 0 Å². The largest absolute Gasteiger partial charge is 0.493 e. The zero-order chi connectivity index (χ0) is 15.5. The third kappa shape index (κ3) is 3.67. The molecule has 21 heavy (non-hydrogen) atoms. The molecule has 0 saturated heterocycles. The summed E-state index contributed by atoms with van der Waals surface area (Å²) in [4.78, 5) is 0. The summed E-state index contributed by atoms with van der Waals surface area (Å²) >= 11 is 0. The van der Waals surface area contributed by atoms with Crippen LogP contribution in [0.5, 0.6) is 5.75 Å². The van der Waals surface area contributed by atoms with Crippen molar-refractivity contribution in [1.82, 2.24) is 0 Å². The summed E-state index contributed by atoms with van der Waals surface area (Å²) in [6.07, 6.45) is -1.44. The average Bonchev–Trinajstić information content (AvgIpc) is 2.91. The quantitative estimate of drug-likeness (QED) is 0.927. The first-order valence-corrected chi connectivity index (χ1v) is 6.90. The Kier molecular flexibility index (Phi) is 4.73. The second kappa shape index (κ2) is 6.35. The van der Waals surface area contributed by atoms with Crippen LogP contribution in [0.15, 0.2) is 18.2 Å². The zero-order valence-electron chi connectivity index (χ0n) is 11.5. The maximum Gasteiger partial charge on any atom is 0.417 e. The molecule has 1 aliphatic carbocycles. The summed E-state index contributed by atoms with van der Waals surface area (Å²) in [7, 11) is 0. The van der Waals surface area contributed by atoms with Gasteiger partial charge in [-0.2, -0.15) is 18.4 Å². The molecule has 6 heteroatoms. The fraction of sp³-hybridized carbons (Fsp3) is 0.533. The third-order valence-corrected chi connectivity index (χ3v) is 4.00. The van der Waals surface area contributed by atoms with Gasteiger partial charge in [0.15, 0.2) is 0 Å². The van der Waals surface area contributed by atoms with Crippen LogP contribution in [-0.4, -0.2) is 13.2 Å². The lowest BCUT2D eigenvalue weighted by molar-refractivity contribution is -0.137. The molecule has 114 valence electrons. The highest BCUT2D eigenvalue weighted by molar-refractivity contribution is 5.44. The third-order valence-electron chi connectivity index (χ3n) is 4.00. The molecule has 0 aliphatic heterocycles. The molecule has 2 N–H and O–H groups in total. The predicted molar refractivity (Wildman–Crippen MR) is 71.5 cm³/mol. The Bertz CT molecular complexity index is 537. The number of halogens is 3. The van der Waals surface area contributed by atoms with Crippen LogP contribution in [0.2, 0.25) is 0 Å². The van der Waals surface area contributed by atoms with Crippen molar-refractivity contribution in [1.29, 1.82) is 5.26 Å². The Hall–Kier alpha value is -1.74. The van der Waals surface area contributed by atoms with E-state index < -0.39 is 17.3 Å². The summed E-state index contributed by atoms with van der Waals surface area (Å²) in [5.74, 6) is 0.814. The molecule has 3 nitrogen and oxygen atoms in total. The van der Waals surface area contributed by atoms with Gasteiger partial charge < -0.3 is 10.5 Å². The molecule has 2 unspecified atom stereocenters. The zero-order valence-corrected chi connectivity index (χ0v) is 11.5. The van der Waals surface area contributed by atoms with Gasteiger partial charge in [-0.3, -0.25) is 0 Å². The Morgan fingerprint density at radius 3 is 2.62 bits per heavy atom. The second-order valence-corrected chi connectivity index (χ2v) is 5.31. The van der Waals surface area contributed by atoms with Crippen molar-refractivity contribution in [2.75, 3.05) is 13.2 Å². The van der Waals surface area contributed by atoms with Gasteiger partial charge in [-0.25, -0.2) is 0 Å². The van der Waals surface area contributed by atoms with Gasteiger partial charge in [0.1, 0.15) is 5.75 Å². The van der Waals surface area contributed by atoms with Crippen LogP contribution in [0, 0.1) is 23.2 Å². The van der Waals surface area contributed by atoms with E-state index in [9.17, 15) is 13.2 Å². The Morgan fingerprint density at radius 1 is 1.29 bits per heavy atom. The van der Waals surface area contributed by atoms with Crippen LogP contribution in [0.25, 0.3) is 0 Å². The highest BCUT2D eigenvalue weighted by atomic mass is 19.4. The van der Waals surface area contributed by atoms with Gasteiger partial charge in [0.2, 0.25) is 0 Å². The number of nitrogens with two attached hydrogens (primary N) is 1. The van der Waals surface area contributed by atoms with Gasteiger partial charge in [0.05, 0.1) is 23.8 Å². The summed E-state index contributed by atoms with van der Waals surface area (Å²) in [6, 6.07) is 4.99. The first kappa shape index (κ1) is 15.6. The molecule has 2 atom stereocenters. The molecule has 0 spiro atoms. The molecule has 1 aromatic carbocycles. The summed E-state index contributed by atoms with van der Waals surface area (Å²) in [6.45, 7) is 0.945. The molecule has 1 aromatic rings. The monoisotopic (exact) mass is 298 g/mol. The van der Waals surface area contributed by atoms with Crippen molar-refractivity contribution in [3.8, 4) is 11.8 Å². The lowest BCUT2D eigenvalue weighted by Gasteiger charge is -2.19. The fourth-order valence-electron chi connectivity index (χ4n) is 2.79. The van der Waals surface area contributed by atoms with Crippen LogP contribution >= 0.6 is 0 Å². The van der Waals surface area contributed by atoms with E-state index in [-0.39, 0.29) is 5.75 Å². The summed E-state index contributed by atoms with van der Waals surface area (Å²) < 4.78 is 44.0. The van der Waals surface area contributed by atoms with Crippen LogP contribution in [-0.2, 0) is 6.18 Å². The number of benzene rings is 1. The van der Waals surface area contributed by atoms with Gasteiger partial charge in [-0.15, -0.1) is 0 Å². The molecular formula is C15H17F3N2O. The van der Waals surface area contributed by atoms with Crippen LogP contribution in [0.1, 0.15) is 30.4 Å². The van der Waals surface area contributed by atoms with Gasteiger partial charge >= 0.3 is 6.18 Å². The molecular weight excluding hydrogens is 281 g/mol. The maximum atomic E-state index is 12.9. The van der Waals surface area contributed by atoms with E-state index >= 15 is 0 Å². The van der Waals surface area contributed by atoms with Crippen LogP contribution in [0.4, 0.5) is 13.2 Å². The predicted octanol–water partition coefficient (Wildman–Crippen LogP) is 3.33. The van der Waals surface area contributed by atoms with E-state index in [4.69, 9.17) is 15.7 Å². The van der Waals surface area contributed by atoms with Crippen LogP contribution in [0.3, 0.4) is 0 Å². The molecule has 1 aliphatic rings. The number of hydrogen-bond donors (Lipinski definition) is 1. The molecule has 1 fully saturated rings. The smallest absolute Gasteiger partial charge is 0.417 e. The van der Waals surface area contributed by atoms with E-state index in [0.29, 0.717) is 25.0 Å². The lowest BCUT2D eigenvalue weighted by Crippen LogP contribution is -2.23. The normalized spacial score (nSPS) is 22.0. The Morgan fingerprint density at radius 2 is 2.00 bits per heavy atom. The van der Waals surface area contributed by atoms with Crippen molar-refractivity contribution in [2.45, 2.75) is 25.4 Å². The van der Waals surface area contributed by atoms with Gasteiger partial charge in [-0.05, 0) is 49.4 Å². The van der Waals surface area contributed by atoms with E-state index in [1.54, 1.807) is 6.07 Å². The lowest BCUT2D eigenvalue weighted by atomic mass is 9.97. The molecule has 1 saturated carbocycles. The van der Waals surface area contributed by atoms with Gasteiger partial charge in [-0.1, -0.05) is 6.42 Å². The Balaban J connectivity index is 2.09. The molecule has 2 rings (SSSR count). The number of nitriles is 1. The van der Waals surface area contributed by atoms with Crippen molar-refractivity contribution >= 4 is 0 Å². The molecule has 0 bridgehead atoms. The molecule has 0 heterocycles. The summed E-state index contributed by atoms with van der Waals surface area (Å²) in [5, 5.41) is 8.74. The molecule has 0 radical (unpaired) electrons. The minimum atomic E-state index is -4.56. The molecule has 0 amide bonds. The van der Waals surface area contributed by atoms with Gasteiger partial charge in [0, 0.05) is 0 Å². The van der Waals surface area contributed by atoms with E-state index in [1.165, 1.54) is 6.07 Å². The summed E-state index contributed by atoms with van der Waals surface area (Å²) in [5.41, 5.74) is 4.32. The second-order valence-electron chi connectivity index (χ2n) is 5.31. The first-order chi connectivity index (χ1) is 9.95. The average molecular weight is 298 g/mol. The number of nitrogens with zero attached hydrogens (tertiary/aromatic N) is 1. The Labute approximate surface area is 121 Å². The number of alkyl halides is 3. The van der Waals surface area contributed by atoms with Crippen molar-refractivity contribution < 1.29 is 17.9 Å². The molecule has 0 aromatic heterocycles. The minimum absolute atomic E-state index is 0.143. The number of ether oxygens (including phenoxy) is 1. The van der Waals surface area contributed by atoms with E-state index in [0.717, 1.165) is 31.4 Å². The van der Waals surface area contributed by atoms with Crippen molar-refractivity contribution in [2.24, 2.45) is 17.6 Å². The number of hydrogen-bond acceptors (Lipinski definition) is 3. The highest BCUT2D eigenvalue weighted by Gasteiger charge is 2.34.